The molecule has 1 heterocycles. The second-order valence-electron chi connectivity index (χ2n) is 4.70. The maximum atomic E-state index is 12.1. The zero-order valence-electron chi connectivity index (χ0n) is 11.1. The second-order valence-corrected chi connectivity index (χ2v) is 4.70. The van der Waals surface area contributed by atoms with Crippen molar-refractivity contribution in [1.29, 1.82) is 0 Å². The molecule has 2 N–H and O–H groups in total. The fraction of sp³-hybridized carbons (Fsp3) is 0.462. The van der Waals surface area contributed by atoms with E-state index in [0.717, 1.165) is 25.0 Å². The summed E-state index contributed by atoms with van der Waals surface area (Å²) in [5, 5.41) is 0. The van der Waals surface area contributed by atoms with Gasteiger partial charge in [0.25, 0.3) is 5.91 Å². The van der Waals surface area contributed by atoms with Crippen LogP contribution in [0.25, 0.3) is 0 Å². The van der Waals surface area contributed by atoms with Gasteiger partial charge in [-0.25, -0.2) is 0 Å². The van der Waals surface area contributed by atoms with Crippen LogP contribution in [0.1, 0.15) is 23.2 Å². The Bertz CT molecular complexity index is 471. The summed E-state index contributed by atoms with van der Waals surface area (Å²) in [7, 11) is 0. The molecule has 1 aliphatic rings. The van der Waals surface area contributed by atoms with Crippen LogP contribution in [0.2, 0.25) is 0 Å². The van der Waals surface area contributed by atoms with Crippen LogP contribution in [-0.4, -0.2) is 36.3 Å². The van der Waals surface area contributed by atoms with Crippen LogP contribution >= 0.6 is 12.4 Å². The number of benzene rings is 1. The molecule has 0 unspecified atom stereocenters. The van der Waals surface area contributed by atoms with Gasteiger partial charge in [0.2, 0.25) is 0 Å². The monoisotopic (exact) mass is 324 g/mol. The number of carbonyl (C=O) groups is 1. The van der Waals surface area contributed by atoms with E-state index in [4.69, 9.17) is 5.73 Å². The molecule has 0 atom stereocenters. The summed E-state index contributed by atoms with van der Waals surface area (Å²) >= 11 is 0. The summed E-state index contributed by atoms with van der Waals surface area (Å²) in [6.45, 7) is 1.14. The van der Waals surface area contributed by atoms with Gasteiger partial charge in [0, 0.05) is 24.7 Å². The molecule has 0 aromatic heterocycles. The SMILES string of the molecule is Cl.NC1CCN(C(=O)c2ccc(OC(F)(F)F)cc2)CC1. The number of rotatable bonds is 2. The standard InChI is InChI=1S/C13H15F3N2O2.ClH/c14-13(15,16)20-11-3-1-9(2-4-11)12(19)18-7-5-10(17)6-8-18;/h1-4,10H,5-8,17H2;1H. The molecule has 0 saturated carbocycles. The van der Waals surface area contributed by atoms with Gasteiger partial charge in [0.1, 0.15) is 5.75 Å². The molecule has 1 aromatic carbocycles. The van der Waals surface area contributed by atoms with Crippen molar-refractivity contribution in [3.63, 3.8) is 0 Å². The molecule has 0 spiro atoms. The van der Waals surface area contributed by atoms with Crippen LogP contribution in [0.15, 0.2) is 24.3 Å². The van der Waals surface area contributed by atoms with Gasteiger partial charge in [0.05, 0.1) is 0 Å². The predicted octanol–water partition coefficient (Wildman–Crippen LogP) is 2.57. The number of carbonyl (C=O) groups excluding carboxylic acids is 1. The maximum absolute atomic E-state index is 12.1. The van der Waals surface area contributed by atoms with Crippen molar-refractivity contribution in [2.24, 2.45) is 5.73 Å². The molecule has 118 valence electrons. The molecule has 0 aliphatic carbocycles. The lowest BCUT2D eigenvalue weighted by Gasteiger charge is -2.30. The number of piperidine rings is 1. The number of ether oxygens (including phenoxy) is 1. The number of halogens is 4. The summed E-state index contributed by atoms with van der Waals surface area (Å²) in [6, 6.07) is 5.05. The summed E-state index contributed by atoms with van der Waals surface area (Å²) in [5.41, 5.74) is 6.10. The van der Waals surface area contributed by atoms with Crippen molar-refractivity contribution in [2.75, 3.05) is 13.1 Å². The topological polar surface area (TPSA) is 55.6 Å². The Morgan fingerprint density at radius 2 is 1.71 bits per heavy atom. The smallest absolute Gasteiger partial charge is 0.406 e. The van der Waals surface area contributed by atoms with Gasteiger partial charge in [0.15, 0.2) is 0 Å². The third kappa shape index (κ3) is 5.09. The highest BCUT2D eigenvalue weighted by Gasteiger charge is 2.31. The highest BCUT2D eigenvalue weighted by atomic mass is 35.5. The lowest BCUT2D eigenvalue weighted by atomic mass is 10.0. The van der Waals surface area contributed by atoms with Gasteiger partial charge in [-0.1, -0.05) is 0 Å². The van der Waals surface area contributed by atoms with E-state index in [1.54, 1.807) is 4.90 Å². The first-order chi connectivity index (χ1) is 9.35. The second kappa shape index (κ2) is 7.00. The maximum Gasteiger partial charge on any atom is 0.573 e. The van der Waals surface area contributed by atoms with Crippen molar-refractivity contribution in [2.45, 2.75) is 25.2 Å². The van der Waals surface area contributed by atoms with Crippen LogP contribution < -0.4 is 10.5 Å². The van der Waals surface area contributed by atoms with Gasteiger partial charge in [-0.05, 0) is 37.1 Å². The molecule has 1 amide bonds. The molecule has 2 rings (SSSR count). The summed E-state index contributed by atoms with van der Waals surface area (Å²) < 4.78 is 39.8. The third-order valence-corrected chi connectivity index (χ3v) is 3.16. The number of amides is 1. The van der Waals surface area contributed by atoms with E-state index < -0.39 is 6.36 Å². The number of nitrogens with zero attached hydrogens (tertiary/aromatic N) is 1. The average Bonchev–Trinajstić information content (AvgIpc) is 2.38. The summed E-state index contributed by atoms with van der Waals surface area (Å²) in [4.78, 5) is 13.8. The van der Waals surface area contributed by atoms with Crippen LogP contribution in [-0.2, 0) is 0 Å². The van der Waals surface area contributed by atoms with Gasteiger partial charge in [-0.15, -0.1) is 25.6 Å². The largest absolute Gasteiger partial charge is 0.573 e. The number of hydrogen-bond acceptors (Lipinski definition) is 3. The number of nitrogens with two attached hydrogens (primary N) is 1. The third-order valence-electron chi connectivity index (χ3n) is 3.16. The lowest BCUT2D eigenvalue weighted by Crippen LogP contribution is -2.42. The quantitative estimate of drug-likeness (QED) is 0.909. The molecule has 8 heteroatoms. The number of likely N-dealkylation sites (tertiary alicyclic amines) is 1. The first-order valence-electron chi connectivity index (χ1n) is 6.26. The number of hydrogen-bond donors (Lipinski definition) is 1. The minimum absolute atomic E-state index is 0. The molecule has 1 aromatic rings. The first-order valence-corrected chi connectivity index (χ1v) is 6.26. The fourth-order valence-electron chi connectivity index (χ4n) is 2.08. The number of alkyl halides is 3. The summed E-state index contributed by atoms with van der Waals surface area (Å²) in [6.07, 6.45) is -3.25. The van der Waals surface area contributed by atoms with Crippen molar-refractivity contribution < 1.29 is 22.7 Å². The molecule has 0 radical (unpaired) electrons. The normalized spacial score (nSPS) is 16.3. The van der Waals surface area contributed by atoms with Crippen molar-refractivity contribution >= 4 is 18.3 Å². The molecular formula is C13H16ClF3N2O2. The Balaban J connectivity index is 0.00000220. The Morgan fingerprint density at radius 1 is 1.19 bits per heavy atom. The zero-order valence-corrected chi connectivity index (χ0v) is 11.9. The van der Waals surface area contributed by atoms with E-state index >= 15 is 0 Å². The fourth-order valence-corrected chi connectivity index (χ4v) is 2.08. The van der Waals surface area contributed by atoms with Crippen molar-refractivity contribution in [3.8, 4) is 5.75 Å². The Kier molecular flexibility index (Phi) is 5.86. The Hall–Kier alpha value is -1.47. The molecular weight excluding hydrogens is 309 g/mol. The lowest BCUT2D eigenvalue weighted by molar-refractivity contribution is -0.274. The molecule has 1 aliphatic heterocycles. The predicted molar refractivity (Wildman–Crippen MR) is 73.5 cm³/mol. The Morgan fingerprint density at radius 3 is 2.19 bits per heavy atom. The van der Waals surface area contributed by atoms with Crippen molar-refractivity contribution in [1.82, 2.24) is 4.90 Å². The molecule has 0 bridgehead atoms. The highest BCUT2D eigenvalue weighted by Crippen LogP contribution is 2.23. The van der Waals surface area contributed by atoms with Crippen molar-refractivity contribution in [3.05, 3.63) is 29.8 Å². The van der Waals surface area contributed by atoms with E-state index in [0.29, 0.717) is 18.7 Å². The van der Waals surface area contributed by atoms with Gasteiger partial charge in [-0.2, -0.15) is 0 Å². The van der Waals surface area contributed by atoms with Gasteiger partial charge in [-0.3, -0.25) is 4.79 Å². The van der Waals surface area contributed by atoms with Gasteiger partial charge >= 0.3 is 6.36 Å². The Labute approximate surface area is 126 Å². The minimum Gasteiger partial charge on any atom is -0.406 e. The zero-order chi connectivity index (χ0) is 14.8. The van der Waals surface area contributed by atoms with Crippen LogP contribution in [0.3, 0.4) is 0 Å². The summed E-state index contributed by atoms with van der Waals surface area (Å²) in [5.74, 6) is -0.537. The molecule has 1 fully saturated rings. The van der Waals surface area contributed by atoms with Crippen LogP contribution in [0.5, 0.6) is 5.75 Å². The molecule has 4 nitrogen and oxygen atoms in total. The minimum atomic E-state index is -4.73. The average molecular weight is 325 g/mol. The van der Waals surface area contributed by atoms with E-state index in [1.807, 2.05) is 0 Å². The van der Waals surface area contributed by atoms with E-state index in [9.17, 15) is 18.0 Å². The van der Waals surface area contributed by atoms with E-state index in [-0.39, 0.29) is 30.1 Å². The van der Waals surface area contributed by atoms with Crippen LogP contribution in [0.4, 0.5) is 13.2 Å². The van der Waals surface area contributed by atoms with Crippen LogP contribution in [0, 0.1) is 0 Å². The first kappa shape index (κ1) is 17.6. The highest BCUT2D eigenvalue weighted by molar-refractivity contribution is 5.94. The van der Waals surface area contributed by atoms with E-state index in [1.165, 1.54) is 12.1 Å². The van der Waals surface area contributed by atoms with Gasteiger partial charge < -0.3 is 15.4 Å². The van der Waals surface area contributed by atoms with E-state index in [2.05, 4.69) is 4.74 Å². The molecule has 21 heavy (non-hydrogen) atoms. The molecule has 1 saturated heterocycles.